The standard InChI is InChI=1S/C14H15I3N2O4/c1-2-3-4-5-6(20)19-12-10(16)7(13(18)21)9(15)8(11(12)17)14(22)23/h2-5H2,1H3,(H2,18,21)(H,19,20)(H,22,23). The van der Waals surface area contributed by atoms with Crippen LogP contribution in [0.3, 0.4) is 0 Å². The van der Waals surface area contributed by atoms with Gasteiger partial charge in [-0.3, -0.25) is 9.59 Å². The Balaban J connectivity index is 3.34. The maximum atomic E-state index is 12.1. The van der Waals surface area contributed by atoms with Crippen molar-refractivity contribution >= 4 is 91.2 Å². The van der Waals surface area contributed by atoms with E-state index in [0.29, 0.717) is 19.2 Å². The maximum absolute atomic E-state index is 12.1. The van der Waals surface area contributed by atoms with Crippen LogP contribution in [-0.2, 0) is 4.79 Å². The third kappa shape index (κ3) is 5.14. The van der Waals surface area contributed by atoms with Gasteiger partial charge in [-0.15, -0.1) is 0 Å². The number of rotatable bonds is 7. The smallest absolute Gasteiger partial charge is 0.337 e. The van der Waals surface area contributed by atoms with Crippen LogP contribution >= 0.6 is 67.8 Å². The first-order valence-corrected chi connectivity index (χ1v) is 9.99. The molecular formula is C14H15I3N2O4. The van der Waals surface area contributed by atoms with Gasteiger partial charge in [0, 0.05) is 9.99 Å². The zero-order chi connectivity index (χ0) is 17.7. The molecule has 4 N–H and O–H groups in total. The predicted octanol–water partition coefficient (Wildman–Crippen LogP) is 3.82. The second-order valence-electron chi connectivity index (χ2n) is 4.74. The van der Waals surface area contributed by atoms with Crippen molar-refractivity contribution in [2.24, 2.45) is 5.73 Å². The van der Waals surface area contributed by atoms with E-state index in [1.54, 1.807) is 22.6 Å². The summed E-state index contributed by atoms with van der Waals surface area (Å²) in [6, 6.07) is 0. The number of nitrogens with two attached hydrogens (primary N) is 1. The number of anilines is 1. The van der Waals surface area contributed by atoms with Gasteiger partial charge >= 0.3 is 5.97 Å². The van der Waals surface area contributed by atoms with E-state index in [1.165, 1.54) is 0 Å². The minimum absolute atomic E-state index is 0.0238. The molecule has 0 aromatic heterocycles. The van der Waals surface area contributed by atoms with Crippen molar-refractivity contribution in [1.29, 1.82) is 0 Å². The van der Waals surface area contributed by atoms with Crippen molar-refractivity contribution in [3.8, 4) is 0 Å². The summed E-state index contributed by atoms with van der Waals surface area (Å²) in [5.74, 6) is -2.10. The van der Waals surface area contributed by atoms with E-state index < -0.39 is 11.9 Å². The Labute approximate surface area is 174 Å². The number of carbonyl (C=O) groups is 3. The monoisotopic (exact) mass is 656 g/mol. The number of carbonyl (C=O) groups excluding carboxylic acids is 2. The Kier molecular flexibility index (Phi) is 8.47. The topological polar surface area (TPSA) is 109 Å². The number of carboxylic acid groups (broad SMARTS) is 1. The van der Waals surface area contributed by atoms with Crippen LogP contribution in [0.5, 0.6) is 0 Å². The van der Waals surface area contributed by atoms with Gasteiger partial charge in [-0.05, 0) is 74.2 Å². The molecule has 0 saturated heterocycles. The molecule has 0 heterocycles. The van der Waals surface area contributed by atoms with E-state index in [0.717, 1.165) is 19.3 Å². The first-order chi connectivity index (χ1) is 10.7. The lowest BCUT2D eigenvalue weighted by atomic mass is 10.1. The number of halogens is 3. The molecule has 0 spiro atoms. The summed E-state index contributed by atoms with van der Waals surface area (Å²) in [6.07, 6.45) is 3.05. The Morgan fingerprint density at radius 2 is 1.61 bits per heavy atom. The Morgan fingerprint density at radius 1 is 1.04 bits per heavy atom. The van der Waals surface area contributed by atoms with Gasteiger partial charge in [0.15, 0.2) is 0 Å². The highest BCUT2D eigenvalue weighted by molar-refractivity contribution is 14.1. The lowest BCUT2D eigenvalue weighted by molar-refractivity contribution is -0.116. The average Bonchev–Trinajstić information content (AvgIpc) is 2.43. The van der Waals surface area contributed by atoms with Crippen molar-refractivity contribution in [3.05, 3.63) is 21.8 Å². The van der Waals surface area contributed by atoms with Gasteiger partial charge in [0.05, 0.1) is 24.0 Å². The molecule has 0 saturated carbocycles. The highest BCUT2D eigenvalue weighted by Gasteiger charge is 2.27. The third-order valence-corrected chi connectivity index (χ3v) is 6.29. The van der Waals surface area contributed by atoms with Crippen LogP contribution in [0.15, 0.2) is 0 Å². The number of nitrogens with one attached hydrogen (secondary N) is 1. The number of aromatic carboxylic acids is 1. The fourth-order valence-corrected chi connectivity index (χ4v) is 6.34. The van der Waals surface area contributed by atoms with Crippen LogP contribution in [0.25, 0.3) is 0 Å². The van der Waals surface area contributed by atoms with Crippen LogP contribution in [0.1, 0.15) is 53.3 Å². The van der Waals surface area contributed by atoms with E-state index in [4.69, 9.17) is 5.73 Å². The Morgan fingerprint density at radius 3 is 2.09 bits per heavy atom. The van der Waals surface area contributed by atoms with Crippen molar-refractivity contribution in [3.63, 3.8) is 0 Å². The fraction of sp³-hybridized carbons (Fsp3) is 0.357. The lowest BCUT2D eigenvalue weighted by Crippen LogP contribution is -2.22. The molecule has 0 aliphatic carbocycles. The molecule has 0 aliphatic rings. The second-order valence-corrected chi connectivity index (χ2v) is 7.98. The summed E-state index contributed by atoms with van der Waals surface area (Å²) in [4.78, 5) is 35.2. The number of hydrogen-bond donors (Lipinski definition) is 3. The zero-order valence-corrected chi connectivity index (χ0v) is 18.7. The number of amides is 2. The summed E-state index contributed by atoms with van der Waals surface area (Å²) in [6.45, 7) is 2.04. The average molecular weight is 656 g/mol. The molecule has 0 bridgehead atoms. The predicted molar refractivity (Wildman–Crippen MR) is 113 cm³/mol. The molecule has 0 atom stereocenters. The summed E-state index contributed by atoms with van der Waals surface area (Å²) in [5, 5.41) is 12.1. The third-order valence-electron chi connectivity index (χ3n) is 3.05. The second kappa shape index (κ2) is 9.34. The quantitative estimate of drug-likeness (QED) is 0.307. The van der Waals surface area contributed by atoms with Gasteiger partial charge in [0.2, 0.25) is 5.91 Å². The molecule has 1 aromatic rings. The molecule has 2 amide bonds. The van der Waals surface area contributed by atoms with Crippen LogP contribution in [-0.4, -0.2) is 22.9 Å². The molecule has 0 fully saturated rings. The molecule has 23 heavy (non-hydrogen) atoms. The molecular weight excluding hydrogens is 641 g/mol. The highest BCUT2D eigenvalue weighted by atomic mass is 127. The minimum atomic E-state index is -1.17. The van der Waals surface area contributed by atoms with Crippen LogP contribution in [0, 0.1) is 10.7 Å². The summed E-state index contributed by atoms with van der Waals surface area (Å²) in [5.41, 5.74) is 5.80. The van der Waals surface area contributed by atoms with Gasteiger partial charge < -0.3 is 16.2 Å². The van der Waals surface area contributed by atoms with Gasteiger partial charge in [0.25, 0.3) is 5.91 Å². The number of primary amides is 1. The van der Waals surface area contributed by atoms with Crippen molar-refractivity contribution in [2.75, 3.05) is 5.32 Å². The number of benzene rings is 1. The zero-order valence-electron chi connectivity index (χ0n) is 12.2. The van der Waals surface area contributed by atoms with Gasteiger partial charge in [-0.2, -0.15) is 0 Å². The van der Waals surface area contributed by atoms with E-state index in [9.17, 15) is 19.5 Å². The Bertz CT molecular complexity index is 621. The van der Waals surface area contributed by atoms with E-state index in [-0.39, 0.29) is 20.6 Å². The van der Waals surface area contributed by atoms with Crippen molar-refractivity contribution < 1.29 is 19.5 Å². The largest absolute Gasteiger partial charge is 0.478 e. The molecule has 0 unspecified atom stereocenters. The molecule has 1 rings (SSSR count). The summed E-state index contributed by atoms with van der Waals surface area (Å²) >= 11 is 5.57. The summed E-state index contributed by atoms with van der Waals surface area (Å²) < 4.78 is 1.12. The number of unbranched alkanes of at least 4 members (excludes halogenated alkanes) is 2. The van der Waals surface area contributed by atoms with Crippen molar-refractivity contribution in [2.45, 2.75) is 32.6 Å². The molecule has 1 aromatic carbocycles. The van der Waals surface area contributed by atoms with Crippen molar-refractivity contribution in [1.82, 2.24) is 0 Å². The fourth-order valence-electron chi connectivity index (χ4n) is 1.92. The normalized spacial score (nSPS) is 10.4. The van der Waals surface area contributed by atoms with E-state index in [2.05, 4.69) is 5.32 Å². The molecule has 9 heteroatoms. The maximum Gasteiger partial charge on any atom is 0.337 e. The molecule has 0 aliphatic heterocycles. The summed E-state index contributed by atoms with van der Waals surface area (Å²) in [7, 11) is 0. The highest BCUT2D eigenvalue weighted by Crippen LogP contribution is 2.35. The molecule has 0 radical (unpaired) electrons. The SMILES string of the molecule is CCCCCC(=O)Nc1c(I)c(C(N)=O)c(I)c(C(=O)O)c1I. The minimum Gasteiger partial charge on any atom is -0.478 e. The van der Waals surface area contributed by atoms with E-state index >= 15 is 0 Å². The molecule has 6 nitrogen and oxygen atoms in total. The first-order valence-electron chi connectivity index (χ1n) is 6.75. The Hall–Kier alpha value is -0.180. The van der Waals surface area contributed by atoms with Gasteiger partial charge in [-0.1, -0.05) is 19.8 Å². The van der Waals surface area contributed by atoms with Gasteiger partial charge in [0.1, 0.15) is 0 Å². The van der Waals surface area contributed by atoms with Gasteiger partial charge in [-0.25, -0.2) is 4.79 Å². The number of carboxylic acids is 1. The van der Waals surface area contributed by atoms with Crippen LogP contribution < -0.4 is 11.1 Å². The molecule has 126 valence electrons. The lowest BCUT2D eigenvalue weighted by Gasteiger charge is -2.16. The van der Waals surface area contributed by atoms with E-state index in [1.807, 2.05) is 52.1 Å². The number of hydrogen-bond acceptors (Lipinski definition) is 3. The van der Waals surface area contributed by atoms with Crippen LogP contribution in [0.2, 0.25) is 0 Å². The van der Waals surface area contributed by atoms with Crippen LogP contribution in [0.4, 0.5) is 5.69 Å². The first kappa shape index (κ1) is 20.9.